The molecular formula is C15H11NO6. The molecule has 7 nitrogen and oxygen atoms in total. The van der Waals surface area contributed by atoms with Gasteiger partial charge < -0.3 is 14.9 Å². The lowest BCUT2D eigenvalue weighted by molar-refractivity contribution is -0.385. The van der Waals surface area contributed by atoms with Gasteiger partial charge >= 0.3 is 5.97 Å². The van der Waals surface area contributed by atoms with E-state index in [4.69, 9.17) is 9.84 Å². The number of carboxylic acid groups (broad SMARTS) is 1. The summed E-state index contributed by atoms with van der Waals surface area (Å²) in [7, 11) is 0. The van der Waals surface area contributed by atoms with Crippen LogP contribution in [0.4, 0.5) is 5.69 Å². The van der Waals surface area contributed by atoms with Crippen molar-refractivity contribution in [1.82, 2.24) is 0 Å². The van der Waals surface area contributed by atoms with Crippen LogP contribution in [0.5, 0.6) is 5.75 Å². The minimum absolute atomic E-state index is 0.190. The summed E-state index contributed by atoms with van der Waals surface area (Å²) in [5.74, 6) is -1.03. The van der Waals surface area contributed by atoms with E-state index in [9.17, 15) is 20.0 Å². The van der Waals surface area contributed by atoms with Crippen LogP contribution in [0.1, 0.15) is 11.7 Å². The van der Waals surface area contributed by atoms with Crippen molar-refractivity contribution >= 4 is 11.7 Å². The number of aliphatic hydroxyl groups is 1. The Labute approximate surface area is 124 Å². The maximum absolute atomic E-state index is 11.1. The number of ether oxygens (including phenoxy) is 1. The van der Waals surface area contributed by atoms with Crippen molar-refractivity contribution in [1.29, 1.82) is 0 Å². The second-order valence-corrected chi connectivity index (χ2v) is 4.85. The monoisotopic (exact) mass is 301 g/mol. The molecule has 2 atom stereocenters. The van der Waals surface area contributed by atoms with Gasteiger partial charge in [-0.25, -0.2) is 4.79 Å². The van der Waals surface area contributed by atoms with Crippen molar-refractivity contribution in [2.24, 2.45) is 0 Å². The molecule has 0 saturated heterocycles. The molecule has 2 aromatic carbocycles. The van der Waals surface area contributed by atoms with E-state index < -0.39 is 23.1 Å². The molecule has 22 heavy (non-hydrogen) atoms. The zero-order chi connectivity index (χ0) is 15.9. The third kappa shape index (κ3) is 2.17. The molecule has 0 aromatic heterocycles. The first-order valence-corrected chi connectivity index (χ1v) is 6.44. The average Bonchev–Trinajstić information content (AvgIpc) is 2.52. The van der Waals surface area contributed by atoms with Crippen LogP contribution >= 0.6 is 0 Å². The molecule has 7 heteroatoms. The maximum atomic E-state index is 11.1. The minimum atomic E-state index is -1.82. The van der Waals surface area contributed by atoms with Crippen LogP contribution in [0.2, 0.25) is 0 Å². The van der Waals surface area contributed by atoms with E-state index in [2.05, 4.69) is 0 Å². The number of carbonyl (C=O) groups is 1. The van der Waals surface area contributed by atoms with Crippen molar-refractivity contribution in [3.05, 3.63) is 58.1 Å². The van der Waals surface area contributed by atoms with Crippen molar-refractivity contribution < 1.29 is 24.7 Å². The van der Waals surface area contributed by atoms with Gasteiger partial charge in [-0.3, -0.25) is 10.1 Å². The van der Waals surface area contributed by atoms with Crippen LogP contribution in [0, 0.1) is 10.1 Å². The molecule has 0 radical (unpaired) electrons. The van der Waals surface area contributed by atoms with Crippen molar-refractivity contribution in [2.45, 2.75) is 12.2 Å². The highest BCUT2D eigenvalue weighted by molar-refractivity contribution is 5.80. The number of hydrogen-bond donors (Lipinski definition) is 2. The second-order valence-electron chi connectivity index (χ2n) is 4.85. The molecule has 1 aliphatic heterocycles. The Hall–Kier alpha value is -2.93. The van der Waals surface area contributed by atoms with Crippen LogP contribution < -0.4 is 4.74 Å². The molecule has 0 bridgehead atoms. The van der Waals surface area contributed by atoms with Gasteiger partial charge in [0.2, 0.25) is 0 Å². The number of nitro benzene ring substituents is 1. The van der Waals surface area contributed by atoms with Gasteiger partial charge in [0.15, 0.2) is 12.2 Å². The number of rotatable bonds is 3. The predicted molar refractivity (Wildman–Crippen MR) is 75.5 cm³/mol. The van der Waals surface area contributed by atoms with Crippen LogP contribution in [-0.2, 0) is 4.79 Å². The molecule has 1 aliphatic rings. The van der Waals surface area contributed by atoms with Crippen LogP contribution in [0.15, 0.2) is 42.5 Å². The first-order valence-electron chi connectivity index (χ1n) is 6.44. The van der Waals surface area contributed by atoms with Crippen LogP contribution in [0.3, 0.4) is 0 Å². The van der Waals surface area contributed by atoms with E-state index in [1.165, 1.54) is 18.2 Å². The first kappa shape index (κ1) is 14.0. The summed E-state index contributed by atoms with van der Waals surface area (Å²) in [6.45, 7) is 0. The highest BCUT2D eigenvalue weighted by Crippen LogP contribution is 2.44. The maximum Gasteiger partial charge on any atom is 0.336 e. The Bertz CT molecular complexity index is 772. The van der Waals surface area contributed by atoms with Crippen LogP contribution in [-0.4, -0.2) is 27.2 Å². The smallest absolute Gasteiger partial charge is 0.336 e. The fourth-order valence-electron chi connectivity index (χ4n) is 2.50. The number of nitro groups is 1. The number of carboxylic acids is 1. The van der Waals surface area contributed by atoms with E-state index >= 15 is 0 Å². The number of hydrogen-bond acceptors (Lipinski definition) is 5. The summed E-state index contributed by atoms with van der Waals surface area (Å²) in [4.78, 5) is 21.4. The Balaban J connectivity index is 2.21. The Kier molecular flexibility index (Phi) is 3.26. The van der Waals surface area contributed by atoms with Gasteiger partial charge in [0, 0.05) is 23.3 Å². The number of aliphatic carboxylic acids is 1. The highest BCUT2D eigenvalue weighted by Gasteiger charge is 2.36. The fraction of sp³-hybridized carbons (Fsp3) is 0.133. The van der Waals surface area contributed by atoms with Gasteiger partial charge in [0.1, 0.15) is 5.75 Å². The molecule has 2 unspecified atom stereocenters. The lowest BCUT2D eigenvalue weighted by Crippen LogP contribution is -2.33. The summed E-state index contributed by atoms with van der Waals surface area (Å²) in [5, 5.41) is 29.8. The van der Waals surface area contributed by atoms with Gasteiger partial charge in [-0.05, 0) is 17.7 Å². The van der Waals surface area contributed by atoms with Gasteiger partial charge in [0.25, 0.3) is 5.69 Å². The number of fused-ring (bicyclic) bond motifs is 3. The number of para-hydroxylation sites is 1. The van der Waals surface area contributed by atoms with Crippen molar-refractivity contribution in [2.75, 3.05) is 0 Å². The summed E-state index contributed by atoms with van der Waals surface area (Å²) >= 11 is 0. The van der Waals surface area contributed by atoms with Crippen LogP contribution in [0.25, 0.3) is 11.1 Å². The zero-order valence-electron chi connectivity index (χ0n) is 11.2. The number of non-ortho nitro benzene ring substituents is 1. The lowest BCUT2D eigenvalue weighted by atomic mass is 9.90. The van der Waals surface area contributed by atoms with Crippen molar-refractivity contribution in [3.8, 4) is 16.9 Å². The van der Waals surface area contributed by atoms with E-state index in [1.54, 1.807) is 24.3 Å². The molecule has 0 fully saturated rings. The van der Waals surface area contributed by atoms with E-state index in [-0.39, 0.29) is 11.3 Å². The van der Waals surface area contributed by atoms with Gasteiger partial charge in [-0.15, -0.1) is 0 Å². The normalized spacial score (nSPS) is 16.9. The molecule has 0 amide bonds. The molecule has 2 aromatic rings. The van der Waals surface area contributed by atoms with E-state index in [1.807, 2.05) is 0 Å². The van der Waals surface area contributed by atoms with E-state index in [0.29, 0.717) is 16.9 Å². The number of benzene rings is 2. The predicted octanol–water partition coefficient (Wildman–Crippen LogP) is 2.14. The molecule has 0 aliphatic carbocycles. The molecule has 3 rings (SSSR count). The largest absolute Gasteiger partial charge is 0.482 e. The highest BCUT2D eigenvalue weighted by atomic mass is 16.6. The quantitative estimate of drug-likeness (QED) is 0.664. The Morgan fingerprint density at radius 1 is 1.23 bits per heavy atom. The lowest BCUT2D eigenvalue weighted by Gasteiger charge is -2.30. The standard InChI is InChI=1S/C15H11NO6/c17-13(15(18)19)14-11-7-8(16(20)21)5-6-9(11)10-3-1-2-4-12(10)22-14/h1-7,13-14,17H,(H,18,19). The molecule has 0 saturated carbocycles. The molecule has 0 spiro atoms. The minimum Gasteiger partial charge on any atom is -0.482 e. The first-order chi connectivity index (χ1) is 10.5. The Morgan fingerprint density at radius 2 is 1.95 bits per heavy atom. The Morgan fingerprint density at radius 3 is 2.64 bits per heavy atom. The molecule has 2 N–H and O–H groups in total. The zero-order valence-corrected chi connectivity index (χ0v) is 11.2. The van der Waals surface area contributed by atoms with Gasteiger partial charge in [-0.1, -0.05) is 18.2 Å². The van der Waals surface area contributed by atoms with Gasteiger partial charge in [-0.2, -0.15) is 0 Å². The second kappa shape index (κ2) is 5.12. The third-order valence-electron chi connectivity index (χ3n) is 3.52. The van der Waals surface area contributed by atoms with Gasteiger partial charge in [0.05, 0.1) is 4.92 Å². The number of aliphatic hydroxyl groups excluding tert-OH is 1. The summed E-state index contributed by atoms with van der Waals surface area (Å²) in [6.07, 6.45) is -3.03. The molecule has 112 valence electrons. The molecular weight excluding hydrogens is 290 g/mol. The summed E-state index contributed by atoms with van der Waals surface area (Å²) < 4.78 is 5.56. The van der Waals surface area contributed by atoms with E-state index in [0.717, 1.165) is 0 Å². The van der Waals surface area contributed by atoms with Crippen molar-refractivity contribution in [3.63, 3.8) is 0 Å². The number of nitrogens with zero attached hydrogens (tertiary/aromatic N) is 1. The average molecular weight is 301 g/mol. The molecule has 1 heterocycles. The SMILES string of the molecule is O=C(O)C(O)C1Oc2ccccc2-c2ccc([N+](=O)[O-])cc21. The topological polar surface area (TPSA) is 110 Å². The summed E-state index contributed by atoms with van der Waals surface area (Å²) in [5.41, 5.74) is 1.39. The fourth-order valence-corrected chi connectivity index (χ4v) is 2.50. The third-order valence-corrected chi connectivity index (χ3v) is 3.52. The summed E-state index contributed by atoms with van der Waals surface area (Å²) in [6, 6.07) is 11.0.